The van der Waals surface area contributed by atoms with E-state index in [-0.39, 0.29) is 17.9 Å². The van der Waals surface area contributed by atoms with Crippen LogP contribution in [-0.4, -0.2) is 5.54 Å². The number of halogens is 1. The van der Waals surface area contributed by atoms with E-state index in [4.69, 9.17) is 5.73 Å². The van der Waals surface area contributed by atoms with E-state index in [9.17, 15) is 0 Å². The molecule has 0 rings (SSSR count). The molecule has 0 aromatic carbocycles. The first kappa shape index (κ1) is 21.5. The van der Waals surface area contributed by atoms with E-state index in [1.54, 1.807) is 0 Å². The standard InChI is InChI=1S/C17H37N.ClH/c1-5-9-10-11-12-13-14-15-16(6-2)17(18,7-3)8-4;/h16H,5-15,18H2,1-4H3;1H. The van der Waals surface area contributed by atoms with Crippen LogP contribution in [0.2, 0.25) is 0 Å². The zero-order valence-electron chi connectivity index (χ0n) is 13.8. The normalized spacial score (nSPS) is 13.1. The summed E-state index contributed by atoms with van der Waals surface area (Å²) in [6.07, 6.45) is 14.7. The van der Waals surface area contributed by atoms with Gasteiger partial charge in [-0.1, -0.05) is 79.1 Å². The third-order valence-electron chi connectivity index (χ3n) is 4.78. The molecule has 0 aliphatic heterocycles. The fourth-order valence-corrected chi connectivity index (χ4v) is 3.07. The van der Waals surface area contributed by atoms with Crippen molar-refractivity contribution in [1.29, 1.82) is 0 Å². The number of unbranched alkanes of at least 4 members (excludes halogenated alkanes) is 6. The van der Waals surface area contributed by atoms with Crippen LogP contribution in [0.3, 0.4) is 0 Å². The van der Waals surface area contributed by atoms with E-state index >= 15 is 0 Å². The van der Waals surface area contributed by atoms with Crippen LogP contribution < -0.4 is 5.73 Å². The smallest absolute Gasteiger partial charge is 0.0177 e. The van der Waals surface area contributed by atoms with Crippen molar-refractivity contribution in [2.75, 3.05) is 0 Å². The van der Waals surface area contributed by atoms with Crippen molar-refractivity contribution in [3.8, 4) is 0 Å². The molecule has 0 radical (unpaired) electrons. The number of hydrogen-bond acceptors (Lipinski definition) is 1. The average molecular weight is 292 g/mol. The summed E-state index contributed by atoms with van der Waals surface area (Å²) in [4.78, 5) is 0. The van der Waals surface area contributed by atoms with Gasteiger partial charge in [0.1, 0.15) is 0 Å². The third-order valence-corrected chi connectivity index (χ3v) is 4.78. The highest BCUT2D eigenvalue weighted by atomic mass is 35.5. The highest BCUT2D eigenvalue weighted by Crippen LogP contribution is 2.30. The second kappa shape index (κ2) is 13.2. The maximum atomic E-state index is 6.53. The van der Waals surface area contributed by atoms with Gasteiger partial charge in [-0.3, -0.25) is 0 Å². The van der Waals surface area contributed by atoms with E-state index in [1.165, 1.54) is 57.8 Å². The maximum Gasteiger partial charge on any atom is 0.0177 e. The van der Waals surface area contributed by atoms with Crippen molar-refractivity contribution in [3.63, 3.8) is 0 Å². The number of rotatable bonds is 12. The van der Waals surface area contributed by atoms with Crippen molar-refractivity contribution in [1.82, 2.24) is 0 Å². The lowest BCUT2D eigenvalue weighted by atomic mass is 9.76. The van der Waals surface area contributed by atoms with Crippen molar-refractivity contribution in [3.05, 3.63) is 0 Å². The van der Waals surface area contributed by atoms with Gasteiger partial charge in [-0.05, 0) is 25.2 Å². The van der Waals surface area contributed by atoms with Gasteiger partial charge in [0.15, 0.2) is 0 Å². The van der Waals surface area contributed by atoms with Gasteiger partial charge in [0.2, 0.25) is 0 Å². The topological polar surface area (TPSA) is 26.0 Å². The SMILES string of the molecule is CCCCCCCCCC(CC)C(N)(CC)CC.Cl. The first-order chi connectivity index (χ1) is 8.64. The van der Waals surface area contributed by atoms with Crippen LogP contribution in [0, 0.1) is 5.92 Å². The minimum atomic E-state index is 0. The predicted octanol–water partition coefficient (Wildman–Crippen LogP) is 6.09. The predicted molar refractivity (Wildman–Crippen MR) is 91.1 cm³/mol. The molecular formula is C17H38ClN. The molecule has 2 N–H and O–H groups in total. The van der Waals surface area contributed by atoms with Crippen molar-refractivity contribution in [2.45, 2.75) is 104 Å². The molecule has 0 aliphatic rings. The van der Waals surface area contributed by atoms with Gasteiger partial charge in [0, 0.05) is 5.54 Å². The Bertz CT molecular complexity index is 178. The summed E-state index contributed by atoms with van der Waals surface area (Å²) in [5.74, 6) is 0.725. The van der Waals surface area contributed by atoms with E-state index in [0.717, 1.165) is 18.8 Å². The summed E-state index contributed by atoms with van der Waals surface area (Å²) in [7, 11) is 0. The lowest BCUT2D eigenvalue weighted by Gasteiger charge is -2.36. The van der Waals surface area contributed by atoms with Crippen LogP contribution in [-0.2, 0) is 0 Å². The van der Waals surface area contributed by atoms with Crippen LogP contribution in [0.4, 0.5) is 0 Å². The van der Waals surface area contributed by atoms with E-state index in [1.807, 2.05) is 0 Å². The summed E-state index contributed by atoms with van der Waals surface area (Å²) >= 11 is 0. The largest absolute Gasteiger partial charge is 0.325 e. The molecule has 0 amide bonds. The Kier molecular flexibility index (Phi) is 15.0. The van der Waals surface area contributed by atoms with Crippen LogP contribution in [0.25, 0.3) is 0 Å². The molecule has 0 heterocycles. The monoisotopic (exact) mass is 291 g/mol. The van der Waals surface area contributed by atoms with E-state index in [2.05, 4.69) is 27.7 Å². The van der Waals surface area contributed by atoms with E-state index < -0.39 is 0 Å². The Morgan fingerprint density at radius 1 is 0.789 bits per heavy atom. The zero-order chi connectivity index (χ0) is 13.9. The highest BCUT2D eigenvalue weighted by Gasteiger charge is 2.29. The molecule has 1 atom stereocenters. The molecule has 0 fully saturated rings. The fraction of sp³-hybridized carbons (Fsp3) is 1.00. The van der Waals surface area contributed by atoms with Gasteiger partial charge in [0.25, 0.3) is 0 Å². The molecule has 0 aromatic heterocycles. The Labute approximate surface area is 128 Å². The Morgan fingerprint density at radius 2 is 1.26 bits per heavy atom. The lowest BCUT2D eigenvalue weighted by molar-refractivity contribution is 0.225. The minimum absolute atomic E-state index is 0. The van der Waals surface area contributed by atoms with Crippen LogP contribution in [0.5, 0.6) is 0 Å². The maximum absolute atomic E-state index is 6.53. The van der Waals surface area contributed by atoms with Crippen LogP contribution in [0.15, 0.2) is 0 Å². The average Bonchev–Trinajstić information content (AvgIpc) is 2.41. The number of hydrogen-bond donors (Lipinski definition) is 1. The second-order valence-corrected chi connectivity index (χ2v) is 5.96. The van der Waals surface area contributed by atoms with Gasteiger partial charge in [-0.25, -0.2) is 0 Å². The minimum Gasteiger partial charge on any atom is -0.325 e. The molecule has 0 saturated heterocycles. The van der Waals surface area contributed by atoms with Crippen molar-refractivity contribution < 1.29 is 0 Å². The van der Waals surface area contributed by atoms with E-state index in [0.29, 0.717) is 0 Å². The third kappa shape index (κ3) is 8.92. The summed E-state index contributed by atoms with van der Waals surface area (Å²) in [6.45, 7) is 9.08. The summed E-state index contributed by atoms with van der Waals surface area (Å²) in [6, 6.07) is 0. The Hall–Kier alpha value is 0.250. The van der Waals surface area contributed by atoms with Gasteiger partial charge < -0.3 is 5.73 Å². The van der Waals surface area contributed by atoms with Crippen molar-refractivity contribution >= 4 is 12.4 Å². The van der Waals surface area contributed by atoms with Gasteiger partial charge in [-0.2, -0.15) is 0 Å². The van der Waals surface area contributed by atoms with Crippen LogP contribution in [0.1, 0.15) is 98.3 Å². The van der Waals surface area contributed by atoms with Crippen molar-refractivity contribution in [2.24, 2.45) is 11.7 Å². The molecule has 0 aliphatic carbocycles. The Balaban J connectivity index is 0. The van der Waals surface area contributed by atoms with Crippen LogP contribution >= 0.6 is 12.4 Å². The van der Waals surface area contributed by atoms with Gasteiger partial charge >= 0.3 is 0 Å². The molecule has 19 heavy (non-hydrogen) atoms. The Morgan fingerprint density at radius 3 is 1.68 bits per heavy atom. The molecule has 0 saturated carbocycles. The number of nitrogens with two attached hydrogens (primary N) is 1. The van der Waals surface area contributed by atoms with Gasteiger partial charge in [0.05, 0.1) is 0 Å². The summed E-state index contributed by atoms with van der Waals surface area (Å²) < 4.78 is 0. The molecule has 0 spiro atoms. The first-order valence-corrected chi connectivity index (χ1v) is 8.43. The first-order valence-electron chi connectivity index (χ1n) is 8.43. The molecular weight excluding hydrogens is 254 g/mol. The molecule has 1 nitrogen and oxygen atoms in total. The van der Waals surface area contributed by atoms with Gasteiger partial charge in [-0.15, -0.1) is 12.4 Å². The molecule has 0 aromatic rings. The molecule has 2 heteroatoms. The highest BCUT2D eigenvalue weighted by molar-refractivity contribution is 5.85. The zero-order valence-corrected chi connectivity index (χ0v) is 14.7. The lowest BCUT2D eigenvalue weighted by Crippen LogP contribution is -2.45. The molecule has 1 unspecified atom stereocenters. The molecule has 0 bridgehead atoms. The summed E-state index contributed by atoms with van der Waals surface area (Å²) in [5, 5.41) is 0. The second-order valence-electron chi connectivity index (χ2n) is 5.96. The molecule has 118 valence electrons. The summed E-state index contributed by atoms with van der Waals surface area (Å²) in [5.41, 5.74) is 6.63. The quantitative estimate of drug-likeness (QED) is 0.432. The fourth-order valence-electron chi connectivity index (χ4n) is 3.07.